The van der Waals surface area contributed by atoms with Gasteiger partial charge in [-0.3, -0.25) is 4.79 Å². The summed E-state index contributed by atoms with van der Waals surface area (Å²) in [5.74, 6) is -1.89. The Morgan fingerprint density at radius 3 is 1.57 bits per heavy atom. The van der Waals surface area contributed by atoms with Gasteiger partial charge in [0, 0.05) is 0 Å². The van der Waals surface area contributed by atoms with Crippen LogP contribution in [0.4, 0.5) is 0 Å². The molecule has 0 saturated carbocycles. The van der Waals surface area contributed by atoms with Crippen LogP contribution in [0.1, 0.15) is 41.0 Å². The van der Waals surface area contributed by atoms with E-state index in [0.29, 0.717) is 0 Å². The maximum absolute atomic E-state index is 9.93. The molecule has 0 saturated heterocycles. The van der Waals surface area contributed by atoms with E-state index in [1.165, 1.54) is 0 Å². The molecule has 0 amide bonds. The number of carboxylic acid groups (broad SMARTS) is 1. The molecule has 0 spiro atoms. The van der Waals surface area contributed by atoms with Crippen LogP contribution in [-0.4, -0.2) is 17.0 Å². The van der Waals surface area contributed by atoms with Gasteiger partial charge in [0.25, 0.3) is 0 Å². The van der Waals surface area contributed by atoms with Gasteiger partial charge in [-0.05, 0) is 27.2 Å². The van der Waals surface area contributed by atoms with Crippen LogP contribution in [0.5, 0.6) is 0 Å². The van der Waals surface area contributed by atoms with Crippen molar-refractivity contribution in [2.75, 3.05) is 0 Å². The van der Waals surface area contributed by atoms with Gasteiger partial charge in [0.15, 0.2) is 0 Å². The monoisotopic (exact) mass is 203 g/mol. The number of carboxylic acids is 1. The highest BCUT2D eigenvalue weighted by Crippen LogP contribution is 2.11. The molecule has 0 aliphatic heterocycles. The second-order valence-corrected chi connectivity index (χ2v) is 4.18. The first-order valence-electron chi connectivity index (χ1n) is 4.57. The normalized spacial score (nSPS) is 12.4. The van der Waals surface area contributed by atoms with Crippen molar-refractivity contribution < 1.29 is 19.8 Å². The maximum Gasteiger partial charge on any atom is 0.360 e. The minimum absolute atomic E-state index is 0.181. The zero-order chi connectivity index (χ0) is 11.9. The number of carbonyl (C=O) groups excluding carboxylic acids is 1. The molecule has 0 fully saturated rings. The summed E-state index contributed by atoms with van der Waals surface area (Å²) in [4.78, 5) is 19.8. The molecule has 0 aliphatic carbocycles. The van der Waals surface area contributed by atoms with Gasteiger partial charge in [-0.25, -0.2) is 9.90 Å². The molecule has 0 aromatic carbocycles. The summed E-state index contributed by atoms with van der Waals surface area (Å²) in [5.41, 5.74) is -0.694. The minimum atomic E-state index is -1.01. The number of hydrogen-bond acceptors (Lipinski definition) is 2. The number of aliphatic carboxylic acids is 1. The Balaban J connectivity index is 0. The Bertz CT molecular complexity index is 191. The molecule has 1 atom stereocenters. The van der Waals surface area contributed by atoms with Crippen molar-refractivity contribution in [2.45, 2.75) is 41.0 Å². The van der Waals surface area contributed by atoms with E-state index in [-0.39, 0.29) is 5.92 Å². The maximum atomic E-state index is 9.93. The summed E-state index contributed by atoms with van der Waals surface area (Å²) in [7, 11) is 0. The number of hydrogen-bond donors (Lipinski definition) is 1. The first kappa shape index (κ1) is 15.4. The molecular weight excluding hydrogens is 184 g/mol. The number of carbonyl (C=O) groups is 2. The fraction of sp³-hybridized carbons (Fsp3) is 0.800. The average molecular weight is 203 g/mol. The molecule has 83 valence electrons. The Morgan fingerprint density at radius 2 is 1.57 bits per heavy atom. The summed E-state index contributed by atoms with van der Waals surface area (Å²) in [5, 5.41) is 18.1. The molecule has 4 heteroatoms. The van der Waals surface area contributed by atoms with Crippen LogP contribution in [-0.2, 0) is 14.7 Å². The SMILES string of the molecule is CC(C)(C)C([O])=O.CCC(C)C(=O)O. The summed E-state index contributed by atoms with van der Waals surface area (Å²) < 4.78 is 0. The molecule has 0 aromatic heterocycles. The van der Waals surface area contributed by atoms with E-state index in [9.17, 15) is 14.7 Å². The van der Waals surface area contributed by atoms with Crippen LogP contribution in [0.25, 0.3) is 0 Å². The molecule has 0 bridgehead atoms. The smallest absolute Gasteiger partial charge is 0.360 e. The van der Waals surface area contributed by atoms with E-state index in [2.05, 4.69) is 0 Å². The Kier molecular flexibility index (Phi) is 7.05. The Labute approximate surface area is 84.9 Å². The first-order valence-corrected chi connectivity index (χ1v) is 4.57. The highest BCUT2D eigenvalue weighted by molar-refractivity contribution is 5.72. The molecule has 0 aromatic rings. The third-order valence-corrected chi connectivity index (χ3v) is 1.65. The van der Waals surface area contributed by atoms with Crippen LogP contribution in [0.15, 0.2) is 0 Å². The molecule has 0 rings (SSSR count). The van der Waals surface area contributed by atoms with Crippen LogP contribution >= 0.6 is 0 Å². The first-order chi connectivity index (χ1) is 6.12. The van der Waals surface area contributed by atoms with E-state index < -0.39 is 17.4 Å². The predicted octanol–water partition coefficient (Wildman–Crippen LogP) is 2.11. The Morgan fingerprint density at radius 1 is 1.29 bits per heavy atom. The topological polar surface area (TPSA) is 74.3 Å². The average Bonchev–Trinajstić information content (AvgIpc) is 2.02. The summed E-state index contributed by atoms with van der Waals surface area (Å²) in [6, 6.07) is 0. The molecule has 1 radical (unpaired) electrons. The Hall–Kier alpha value is -1.06. The van der Waals surface area contributed by atoms with Gasteiger partial charge in [0.2, 0.25) is 0 Å². The molecule has 0 heterocycles. The molecule has 14 heavy (non-hydrogen) atoms. The summed E-state index contributed by atoms with van der Waals surface area (Å²) in [6.45, 7) is 8.36. The van der Waals surface area contributed by atoms with E-state index in [4.69, 9.17) is 5.11 Å². The fourth-order valence-electron chi connectivity index (χ4n) is 0.175. The molecule has 4 nitrogen and oxygen atoms in total. The van der Waals surface area contributed by atoms with Crippen molar-refractivity contribution in [3.8, 4) is 0 Å². The summed E-state index contributed by atoms with van der Waals surface area (Å²) in [6.07, 6.45) is 0.718. The van der Waals surface area contributed by atoms with Gasteiger partial charge in [0.1, 0.15) is 0 Å². The van der Waals surface area contributed by atoms with Crippen molar-refractivity contribution in [3.63, 3.8) is 0 Å². The molecule has 1 N–H and O–H groups in total. The molecule has 1 unspecified atom stereocenters. The third kappa shape index (κ3) is 9.03. The van der Waals surface area contributed by atoms with Crippen LogP contribution < -0.4 is 0 Å². The lowest BCUT2D eigenvalue weighted by molar-refractivity contribution is -0.152. The van der Waals surface area contributed by atoms with E-state index in [0.717, 1.165) is 6.42 Å². The second-order valence-electron chi connectivity index (χ2n) is 4.18. The second kappa shape index (κ2) is 6.40. The third-order valence-electron chi connectivity index (χ3n) is 1.65. The van der Waals surface area contributed by atoms with Crippen LogP contribution in [0.3, 0.4) is 0 Å². The standard InChI is InChI=1S/C5H9O2.C5H10O2/c1-5(2,3)4(6)7;1-3-4(2)5(6)7/h1-3H3;4H,3H2,1-2H3,(H,6,7). The van der Waals surface area contributed by atoms with Crippen molar-refractivity contribution in [1.82, 2.24) is 0 Å². The fourth-order valence-corrected chi connectivity index (χ4v) is 0.175. The largest absolute Gasteiger partial charge is 0.481 e. The lowest BCUT2D eigenvalue weighted by Crippen LogP contribution is -2.17. The van der Waals surface area contributed by atoms with Gasteiger partial charge in [0.05, 0.1) is 11.3 Å². The van der Waals surface area contributed by atoms with Gasteiger partial charge >= 0.3 is 11.9 Å². The van der Waals surface area contributed by atoms with Gasteiger partial charge in [-0.2, -0.15) is 0 Å². The zero-order valence-electron chi connectivity index (χ0n) is 9.46. The minimum Gasteiger partial charge on any atom is -0.481 e. The highest BCUT2D eigenvalue weighted by Gasteiger charge is 2.21. The van der Waals surface area contributed by atoms with Crippen molar-refractivity contribution >= 4 is 11.9 Å². The van der Waals surface area contributed by atoms with E-state index >= 15 is 0 Å². The quantitative estimate of drug-likeness (QED) is 0.746. The lowest BCUT2D eigenvalue weighted by Gasteiger charge is -2.06. The van der Waals surface area contributed by atoms with Gasteiger partial charge in [-0.15, -0.1) is 0 Å². The summed E-state index contributed by atoms with van der Waals surface area (Å²) >= 11 is 0. The van der Waals surface area contributed by atoms with Crippen molar-refractivity contribution in [1.29, 1.82) is 0 Å². The zero-order valence-corrected chi connectivity index (χ0v) is 9.46. The number of rotatable bonds is 2. The lowest BCUT2D eigenvalue weighted by atomic mass is 9.98. The molecular formula is C10H19O4. The van der Waals surface area contributed by atoms with Gasteiger partial charge in [-0.1, -0.05) is 13.8 Å². The highest BCUT2D eigenvalue weighted by atomic mass is 16.4. The van der Waals surface area contributed by atoms with Crippen molar-refractivity contribution in [2.24, 2.45) is 11.3 Å². The van der Waals surface area contributed by atoms with Crippen LogP contribution in [0.2, 0.25) is 0 Å². The van der Waals surface area contributed by atoms with E-state index in [1.54, 1.807) is 27.7 Å². The molecule has 0 aliphatic rings. The van der Waals surface area contributed by atoms with Crippen LogP contribution in [0, 0.1) is 11.3 Å². The predicted molar refractivity (Wildman–Crippen MR) is 52.2 cm³/mol. The van der Waals surface area contributed by atoms with Crippen molar-refractivity contribution in [3.05, 3.63) is 0 Å². The van der Waals surface area contributed by atoms with Gasteiger partial charge < -0.3 is 5.11 Å². The van der Waals surface area contributed by atoms with E-state index in [1.807, 2.05) is 6.92 Å².